The zero-order chi connectivity index (χ0) is 18.8. The lowest BCUT2D eigenvalue weighted by Gasteiger charge is -2.16. The van der Waals surface area contributed by atoms with Crippen molar-refractivity contribution in [3.63, 3.8) is 0 Å². The van der Waals surface area contributed by atoms with Crippen molar-refractivity contribution >= 4 is 50.7 Å². The van der Waals surface area contributed by atoms with Crippen LogP contribution in [0.1, 0.15) is 5.56 Å². The molecule has 4 rings (SSSR count). The average Bonchev–Trinajstić information content (AvgIpc) is 3.04. The van der Waals surface area contributed by atoms with Crippen molar-refractivity contribution < 1.29 is 0 Å². The lowest BCUT2D eigenvalue weighted by Crippen LogP contribution is -2.02. The maximum atomic E-state index is 9.37. The van der Waals surface area contributed by atoms with E-state index in [1.807, 2.05) is 65.2 Å². The van der Waals surface area contributed by atoms with Crippen LogP contribution in [0, 0.1) is 11.3 Å². The molecular weight excluding hydrogens is 402 g/mol. The first-order valence-electron chi connectivity index (χ1n) is 8.21. The molecule has 0 radical (unpaired) electrons. The van der Waals surface area contributed by atoms with Crippen LogP contribution in [0.5, 0.6) is 0 Å². The fraction of sp³-hybridized carbons (Fsp3) is 0. The number of fused-ring (bicyclic) bond motifs is 1. The van der Waals surface area contributed by atoms with Gasteiger partial charge in [0.25, 0.3) is 0 Å². The summed E-state index contributed by atoms with van der Waals surface area (Å²) < 4.78 is 2.64. The van der Waals surface area contributed by atoms with Gasteiger partial charge < -0.3 is 5.32 Å². The molecule has 0 aliphatic carbocycles. The number of nitrogens with one attached hydrogen (secondary N) is 1. The third-order valence-corrected chi connectivity index (χ3v) is 4.76. The van der Waals surface area contributed by atoms with Crippen LogP contribution in [0.3, 0.4) is 0 Å². The Morgan fingerprint density at radius 2 is 1.81 bits per heavy atom. The largest absolute Gasteiger partial charge is 0.352 e. The Labute approximate surface area is 164 Å². The second-order valence-corrected chi connectivity index (χ2v) is 6.56. The molecule has 0 aliphatic heterocycles. The van der Waals surface area contributed by atoms with Gasteiger partial charge in [-0.3, -0.25) is 9.56 Å². The summed E-state index contributed by atoms with van der Waals surface area (Å²) in [5.41, 5.74) is 5.60. The average molecular weight is 416 g/mol. The lowest BCUT2D eigenvalue weighted by molar-refractivity contribution is 1.05. The number of para-hydroxylation sites is 4. The van der Waals surface area contributed by atoms with Crippen LogP contribution in [-0.2, 0) is 0 Å². The predicted molar refractivity (Wildman–Crippen MR) is 112 cm³/mol. The van der Waals surface area contributed by atoms with Crippen molar-refractivity contribution in [1.29, 1.82) is 5.26 Å². The molecule has 0 saturated carbocycles. The van der Waals surface area contributed by atoms with Gasteiger partial charge in [-0.1, -0.05) is 24.3 Å². The molecule has 0 amide bonds. The zero-order valence-electron chi connectivity index (χ0n) is 14.2. The highest BCUT2D eigenvalue weighted by molar-refractivity contribution is 9.10. The minimum atomic E-state index is 0.565. The van der Waals surface area contributed by atoms with E-state index in [4.69, 9.17) is 0 Å². The normalized spacial score (nSPS) is 10.5. The first-order chi connectivity index (χ1) is 13.2. The van der Waals surface area contributed by atoms with E-state index in [0.717, 1.165) is 33.8 Å². The molecule has 130 valence electrons. The molecule has 1 aromatic heterocycles. The summed E-state index contributed by atoms with van der Waals surface area (Å²) in [6.45, 7) is 3.63. The van der Waals surface area contributed by atoms with E-state index in [-0.39, 0.29) is 0 Å². The highest BCUT2D eigenvalue weighted by Crippen LogP contribution is 2.34. The molecule has 1 N–H and O–H groups in total. The Morgan fingerprint density at radius 3 is 2.63 bits per heavy atom. The van der Waals surface area contributed by atoms with Gasteiger partial charge in [0.15, 0.2) is 4.73 Å². The predicted octanol–water partition coefficient (Wildman–Crippen LogP) is 5.74. The summed E-state index contributed by atoms with van der Waals surface area (Å²) in [4.78, 5) is 8.63. The molecule has 0 fully saturated rings. The van der Waals surface area contributed by atoms with Crippen LogP contribution in [0.2, 0.25) is 0 Å². The number of nitriles is 1. The summed E-state index contributed by atoms with van der Waals surface area (Å²) in [6, 6.07) is 23.2. The molecule has 1 heterocycles. The van der Waals surface area contributed by atoms with Crippen LogP contribution in [0.25, 0.3) is 16.7 Å². The van der Waals surface area contributed by atoms with Gasteiger partial charge in [0.2, 0.25) is 0 Å². The molecule has 0 atom stereocenters. The van der Waals surface area contributed by atoms with E-state index in [2.05, 4.69) is 44.0 Å². The van der Waals surface area contributed by atoms with Crippen molar-refractivity contribution in [1.82, 2.24) is 9.55 Å². The number of nitrogens with zero attached hydrogens (tertiary/aromatic N) is 4. The van der Waals surface area contributed by atoms with Gasteiger partial charge in [-0.25, -0.2) is 4.98 Å². The molecule has 0 unspecified atom stereocenters. The minimum absolute atomic E-state index is 0.565. The number of hydrogen-bond donors (Lipinski definition) is 1. The summed E-state index contributed by atoms with van der Waals surface area (Å²) in [6.07, 6.45) is 0. The standard InChI is InChI=1S/C21H14BrN5/c1-24-15-6-2-3-7-16(15)25-18-11-10-14(13-23)12-20(18)27-19-9-5-4-8-17(19)26-21(27)22/h2-12,25H,1H2. The van der Waals surface area contributed by atoms with Crippen LogP contribution in [-0.4, -0.2) is 16.3 Å². The first-order valence-corrected chi connectivity index (χ1v) is 9.01. The maximum absolute atomic E-state index is 9.37. The van der Waals surface area contributed by atoms with E-state index < -0.39 is 0 Å². The highest BCUT2D eigenvalue weighted by Gasteiger charge is 2.15. The summed E-state index contributed by atoms with van der Waals surface area (Å²) in [5, 5.41) is 12.8. The topological polar surface area (TPSA) is 66.0 Å². The monoisotopic (exact) mass is 415 g/mol. The molecule has 0 spiro atoms. The van der Waals surface area contributed by atoms with E-state index in [0.29, 0.717) is 10.3 Å². The Hall–Kier alpha value is -3.43. The van der Waals surface area contributed by atoms with E-state index in [1.54, 1.807) is 6.07 Å². The smallest absolute Gasteiger partial charge is 0.182 e. The van der Waals surface area contributed by atoms with E-state index in [9.17, 15) is 5.26 Å². The number of halogens is 1. The summed E-state index contributed by atoms with van der Waals surface area (Å²) in [7, 11) is 0. The van der Waals surface area contributed by atoms with Gasteiger partial charge in [0, 0.05) is 0 Å². The molecule has 0 saturated heterocycles. The Balaban J connectivity index is 1.93. The molecule has 27 heavy (non-hydrogen) atoms. The second-order valence-electron chi connectivity index (χ2n) is 5.85. The molecule has 0 bridgehead atoms. The van der Waals surface area contributed by atoms with Gasteiger partial charge in [-0.05, 0) is 65.1 Å². The quantitative estimate of drug-likeness (QED) is 0.432. The molecule has 3 aromatic carbocycles. The third-order valence-electron chi connectivity index (χ3n) is 4.23. The number of benzene rings is 3. The number of hydrogen-bond acceptors (Lipinski definition) is 4. The Morgan fingerprint density at radius 1 is 1.04 bits per heavy atom. The first kappa shape index (κ1) is 17.0. The van der Waals surface area contributed by atoms with Crippen LogP contribution < -0.4 is 5.32 Å². The third kappa shape index (κ3) is 3.09. The van der Waals surface area contributed by atoms with E-state index in [1.165, 1.54) is 0 Å². The Kier molecular flexibility index (Phi) is 4.45. The van der Waals surface area contributed by atoms with Crippen molar-refractivity contribution in [2.75, 3.05) is 5.32 Å². The van der Waals surface area contributed by atoms with Gasteiger partial charge in [-0.15, -0.1) is 0 Å². The van der Waals surface area contributed by atoms with Crippen LogP contribution in [0.15, 0.2) is 76.5 Å². The summed E-state index contributed by atoms with van der Waals surface area (Å²) >= 11 is 3.55. The minimum Gasteiger partial charge on any atom is -0.352 e. The molecule has 4 aromatic rings. The van der Waals surface area contributed by atoms with Crippen molar-refractivity contribution in [3.05, 3.63) is 77.0 Å². The van der Waals surface area contributed by atoms with Crippen molar-refractivity contribution in [2.24, 2.45) is 4.99 Å². The number of aliphatic imine (C=N–C) groups is 1. The Bertz CT molecular complexity index is 1200. The number of anilines is 2. The molecule has 5 nitrogen and oxygen atoms in total. The molecule has 0 aliphatic rings. The van der Waals surface area contributed by atoms with Gasteiger partial charge in [-0.2, -0.15) is 5.26 Å². The fourth-order valence-corrected chi connectivity index (χ4v) is 3.55. The number of imidazole rings is 1. The molecular formula is C21H14BrN5. The maximum Gasteiger partial charge on any atom is 0.182 e. The SMILES string of the molecule is C=Nc1ccccc1Nc1ccc(C#N)cc1-n1c(Br)nc2ccccc21. The second kappa shape index (κ2) is 7.06. The zero-order valence-corrected chi connectivity index (χ0v) is 15.8. The van der Waals surface area contributed by atoms with Gasteiger partial charge in [0.1, 0.15) is 0 Å². The lowest BCUT2D eigenvalue weighted by atomic mass is 10.1. The van der Waals surface area contributed by atoms with Gasteiger partial charge >= 0.3 is 0 Å². The van der Waals surface area contributed by atoms with Crippen molar-refractivity contribution in [3.8, 4) is 11.8 Å². The number of rotatable bonds is 4. The number of aromatic nitrogens is 2. The van der Waals surface area contributed by atoms with Crippen molar-refractivity contribution in [2.45, 2.75) is 0 Å². The summed E-state index contributed by atoms with van der Waals surface area (Å²) in [5.74, 6) is 0. The molecule has 6 heteroatoms. The van der Waals surface area contributed by atoms with E-state index >= 15 is 0 Å². The van der Waals surface area contributed by atoms with Crippen LogP contribution in [0.4, 0.5) is 17.1 Å². The van der Waals surface area contributed by atoms with Crippen LogP contribution >= 0.6 is 15.9 Å². The fourth-order valence-electron chi connectivity index (χ4n) is 2.98. The highest BCUT2D eigenvalue weighted by atomic mass is 79.9. The van der Waals surface area contributed by atoms with Gasteiger partial charge in [0.05, 0.1) is 45.4 Å².